The molecule has 0 aliphatic carbocycles. The molecule has 1 fully saturated rings. The van der Waals surface area contributed by atoms with Crippen molar-refractivity contribution < 1.29 is 9.59 Å². The molecule has 1 heterocycles. The first kappa shape index (κ1) is 17.0. The van der Waals surface area contributed by atoms with Gasteiger partial charge in [-0.15, -0.1) is 0 Å². The van der Waals surface area contributed by atoms with Crippen LogP contribution in [-0.4, -0.2) is 31.1 Å². The van der Waals surface area contributed by atoms with Crippen molar-refractivity contribution in [3.05, 3.63) is 65.7 Å². The molecule has 5 nitrogen and oxygen atoms in total. The summed E-state index contributed by atoms with van der Waals surface area (Å²) in [6, 6.07) is 17.2. The molecule has 3 rings (SSSR count). The molecule has 0 spiro atoms. The minimum absolute atomic E-state index is 0.0129. The van der Waals surface area contributed by atoms with E-state index in [1.807, 2.05) is 37.3 Å². The van der Waals surface area contributed by atoms with E-state index in [0.29, 0.717) is 18.7 Å². The number of amides is 3. The Hall–Kier alpha value is -2.82. The lowest BCUT2D eigenvalue weighted by molar-refractivity contribution is 0.0935. The number of nitrogens with one attached hydrogen (secondary N) is 2. The molecule has 0 radical (unpaired) electrons. The van der Waals surface area contributed by atoms with Crippen molar-refractivity contribution in [1.29, 1.82) is 0 Å². The zero-order valence-electron chi connectivity index (χ0n) is 14.5. The van der Waals surface area contributed by atoms with Crippen LogP contribution >= 0.6 is 0 Å². The van der Waals surface area contributed by atoms with Gasteiger partial charge in [-0.25, -0.2) is 4.79 Å². The average Bonchev–Trinajstić information content (AvgIpc) is 3.07. The van der Waals surface area contributed by atoms with Crippen molar-refractivity contribution in [3.63, 3.8) is 0 Å². The van der Waals surface area contributed by atoms with Gasteiger partial charge in [0.1, 0.15) is 0 Å². The highest BCUT2D eigenvalue weighted by atomic mass is 16.2. The van der Waals surface area contributed by atoms with Gasteiger partial charge in [0.2, 0.25) is 0 Å². The van der Waals surface area contributed by atoms with Gasteiger partial charge in [0, 0.05) is 36.3 Å². The highest BCUT2D eigenvalue weighted by Gasteiger charge is 2.21. The fourth-order valence-corrected chi connectivity index (χ4v) is 2.97. The number of nitrogens with zero attached hydrogens (tertiary/aromatic N) is 1. The van der Waals surface area contributed by atoms with Crippen LogP contribution in [-0.2, 0) is 0 Å². The molecule has 2 aromatic rings. The second-order valence-electron chi connectivity index (χ2n) is 6.39. The molecule has 2 aromatic carbocycles. The molecule has 1 saturated heterocycles. The monoisotopic (exact) mass is 337 g/mol. The van der Waals surface area contributed by atoms with Gasteiger partial charge in [0.25, 0.3) is 5.91 Å². The highest BCUT2D eigenvalue weighted by molar-refractivity contribution is 5.97. The van der Waals surface area contributed by atoms with E-state index in [2.05, 4.69) is 29.7 Å². The second-order valence-corrected chi connectivity index (χ2v) is 6.39. The predicted molar refractivity (Wildman–Crippen MR) is 99.0 cm³/mol. The summed E-state index contributed by atoms with van der Waals surface area (Å²) in [6.45, 7) is 5.42. The first-order valence-electron chi connectivity index (χ1n) is 8.57. The summed E-state index contributed by atoms with van der Waals surface area (Å²) in [6.07, 6.45) is 0. The number of carbonyl (C=O) groups excluding carboxylic acids is 2. The number of rotatable bonds is 5. The van der Waals surface area contributed by atoms with Gasteiger partial charge in [0.05, 0.1) is 0 Å². The molecule has 1 aliphatic rings. The lowest BCUT2D eigenvalue weighted by Crippen LogP contribution is -2.36. The summed E-state index contributed by atoms with van der Waals surface area (Å²) < 4.78 is 0. The fraction of sp³-hybridized carbons (Fsp3) is 0.300. The van der Waals surface area contributed by atoms with Gasteiger partial charge in [-0.05, 0) is 36.8 Å². The van der Waals surface area contributed by atoms with Gasteiger partial charge >= 0.3 is 6.03 Å². The van der Waals surface area contributed by atoms with E-state index in [0.717, 1.165) is 5.69 Å². The average molecular weight is 337 g/mol. The topological polar surface area (TPSA) is 61.4 Å². The summed E-state index contributed by atoms with van der Waals surface area (Å²) in [4.78, 5) is 25.8. The molecule has 0 bridgehead atoms. The second kappa shape index (κ2) is 7.38. The minimum atomic E-state index is -0.104. The number of hydrogen-bond acceptors (Lipinski definition) is 2. The summed E-state index contributed by atoms with van der Waals surface area (Å²) in [7, 11) is 0. The highest BCUT2D eigenvalue weighted by Crippen LogP contribution is 2.20. The van der Waals surface area contributed by atoms with Crippen molar-refractivity contribution in [3.8, 4) is 0 Å². The Morgan fingerprint density at radius 3 is 2.36 bits per heavy atom. The minimum Gasteiger partial charge on any atom is -0.349 e. The van der Waals surface area contributed by atoms with Crippen LogP contribution in [0, 0.1) is 0 Å². The zero-order chi connectivity index (χ0) is 17.8. The SMILES string of the molecule is C[C@H](NC(=O)c1ccc(N2CCNC2=O)cc1)[C@@H](C)c1ccccc1. The zero-order valence-corrected chi connectivity index (χ0v) is 14.5. The molecule has 0 unspecified atom stereocenters. The van der Waals surface area contributed by atoms with E-state index in [4.69, 9.17) is 0 Å². The number of benzene rings is 2. The maximum Gasteiger partial charge on any atom is 0.321 e. The number of urea groups is 1. The van der Waals surface area contributed by atoms with Crippen molar-refractivity contribution in [2.24, 2.45) is 0 Å². The molecule has 2 N–H and O–H groups in total. The molecule has 130 valence electrons. The Morgan fingerprint density at radius 2 is 1.76 bits per heavy atom. The first-order chi connectivity index (χ1) is 12.1. The number of hydrogen-bond donors (Lipinski definition) is 2. The third kappa shape index (κ3) is 3.82. The Kier molecular flexibility index (Phi) is 5.03. The third-order valence-corrected chi connectivity index (χ3v) is 4.73. The van der Waals surface area contributed by atoms with Gasteiger partial charge in [0.15, 0.2) is 0 Å². The summed E-state index contributed by atoms with van der Waals surface area (Å²) in [5.74, 6) is 0.116. The van der Waals surface area contributed by atoms with Crippen molar-refractivity contribution in [2.75, 3.05) is 18.0 Å². The lowest BCUT2D eigenvalue weighted by atomic mass is 9.94. The van der Waals surface area contributed by atoms with E-state index in [1.54, 1.807) is 17.0 Å². The molecule has 0 aromatic heterocycles. The smallest absolute Gasteiger partial charge is 0.321 e. The van der Waals surface area contributed by atoms with E-state index in [9.17, 15) is 9.59 Å². The molecule has 5 heteroatoms. The number of carbonyl (C=O) groups is 2. The van der Waals surface area contributed by atoms with Crippen molar-refractivity contribution in [2.45, 2.75) is 25.8 Å². The standard InChI is InChI=1S/C20H23N3O2/c1-14(16-6-4-3-5-7-16)15(2)22-19(24)17-8-10-18(11-9-17)23-13-12-21-20(23)25/h3-11,14-15H,12-13H2,1-2H3,(H,21,25)(H,22,24)/t14-,15+/m1/s1. The molecule has 25 heavy (non-hydrogen) atoms. The largest absolute Gasteiger partial charge is 0.349 e. The van der Waals surface area contributed by atoms with E-state index in [1.165, 1.54) is 5.56 Å². The summed E-state index contributed by atoms with van der Waals surface area (Å²) in [5.41, 5.74) is 2.60. The Morgan fingerprint density at radius 1 is 1.08 bits per heavy atom. The van der Waals surface area contributed by atoms with E-state index >= 15 is 0 Å². The van der Waals surface area contributed by atoms with Crippen LogP contribution in [0.5, 0.6) is 0 Å². The molecule has 0 saturated carbocycles. The molecule has 2 atom stereocenters. The van der Waals surface area contributed by atoms with Crippen molar-refractivity contribution >= 4 is 17.6 Å². The van der Waals surface area contributed by atoms with Crippen LogP contribution < -0.4 is 15.5 Å². The van der Waals surface area contributed by atoms with Crippen LogP contribution in [0.1, 0.15) is 35.7 Å². The van der Waals surface area contributed by atoms with Gasteiger partial charge < -0.3 is 10.6 Å². The van der Waals surface area contributed by atoms with Gasteiger partial charge in [-0.3, -0.25) is 9.69 Å². The Balaban J connectivity index is 1.64. The quantitative estimate of drug-likeness (QED) is 0.880. The van der Waals surface area contributed by atoms with Gasteiger partial charge in [-0.1, -0.05) is 37.3 Å². The maximum absolute atomic E-state index is 12.5. The molecule has 3 amide bonds. The Bertz CT molecular complexity index is 743. The summed E-state index contributed by atoms with van der Waals surface area (Å²) >= 11 is 0. The maximum atomic E-state index is 12.5. The van der Waals surface area contributed by atoms with Crippen LogP contribution in [0.2, 0.25) is 0 Å². The molecular formula is C20H23N3O2. The lowest BCUT2D eigenvalue weighted by Gasteiger charge is -2.22. The predicted octanol–water partition coefficient (Wildman–Crippen LogP) is 3.14. The third-order valence-electron chi connectivity index (χ3n) is 4.73. The van der Waals surface area contributed by atoms with Crippen LogP contribution in [0.4, 0.5) is 10.5 Å². The van der Waals surface area contributed by atoms with Crippen LogP contribution in [0.3, 0.4) is 0 Å². The van der Waals surface area contributed by atoms with Crippen molar-refractivity contribution in [1.82, 2.24) is 10.6 Å². The molecule has 1 aliphatic heterocycles. The van der Waals surface area contributed by atoms with E-state index < -0.39 is 0 Å². The van der Waals surface area contributed by atoms with Crippen LogP contribution in [0.15, 0.2) is 54.6 Å². The normalized spacial score (nSPS) is 16.2. The van der Waals surface area contributed by atoms with Gasteiger partial charge in [-0.2, -0.15) is 0 Å². The Labute approximate surface area is 148 Å². The first-order valence-corrected chi connectivity index (χ1v) is 8.57. The molecular weight excluding hydrogens is 314 g/mol. The number of anilines is 1. The fourth-order valence-electron chi connectivity index (χ4n) is 2.97. The van der Waals surface area contributed by atoms with E-state index in [-0.39, 0.29) is 23.9 Å². The summed E-state index contributed by atoms with van der Waals surface area (Å²) in [5, 5.41) is 5.83. The van der Waals surface area contributed by atoms with Crippen LogP contribution in [0.25, 0.3) is 0 Å².